The molecule has 0 aliphatic carbocycles. The Bertz CT molecular complexity index is 1290. The topological polar surface area (TPSA) is 124 Å². The molecule has 0 saturated carbocycles. The predicted molar refractivity (Wildman–Crippen MR) is 112 cm³/mol. The molecule has 2 N–H and O–H groups in total. The maximum Gasteiger partial charge on any atom is 0.270 e. The summed E-state index contributed by atoms with van der Waals surface area (Å²) in [6, 6.07) is 4.39. The van der Waals surface area contributed by atoms with Crippen LogP contribution >= 0.6 is 0 Å². The van der Waals surface area contributed by atoms with Crippen LogP contribution < -0.4 is 5.32 Å². The Morgan fingerprint density at radius 3 is 2.77 bits per heavy atom. The molecule has 31 heavy (non-hydrogen) atoms. The van der Waals surface area contributed by atoms with Crippen molar-refractivity contribution in [3.05, 3.63) is 64.5 Å². The van der Waals surface area contributed by atoms with Gasteiger partial charge in [-0.2, -0.15) is 10.1 Å². The van der Waals surface area contributed by atoms with Crippen LogP contribution in [0.25, 0.3) is 16.7 Å². The van der Waals surface area contributed by atoms with Crippen molar-refractivity contribution in [2.75, 3.05) is 5.32 Å². The van der Waals surface area contributed by atoms with Crippen LogP contribution in [-0.4, -0.2) is 39.9 Å². The quantitative estimate of drug-likeness (QED) is 0.358. The van der Waals surface area contributed by atoms with Crippen LogP contribution in [0.1, 0.15) is 19.4 Å². The smallest absolute Gasteiger partial charge is 0.270 e. The number of benzene rings is 1. The Labute approximate surface area is 176 Å². The number of rotatable bonds is 6. The van der Waals surface area contributed by atoms with Crippen LogP contribution in [0.2, 0.25) is 0 Å². The van der Waals surface area contributed by atoms with Crippen molar-refractivity contribution in [3.8, 4) is 5.82 Å². The number of anilines is 2. The molecular weight excluding hydrogens is 405 g/mol. The third-order valence-corrected chi connectivity index (χ3v) is 4.59. The minimum absolute atomic E-state index is 0.00772. The number of nitro benzene ring substituents is 1. The van der Waals surface area contributed by atoms with E-state index in [1.807, 2.05) is 0 Å². The van der Waals surface area contributed by atoms with E-state index < -0.39 is 16.3 Å². The maximum absolute atomic E-state index is 14.6. The highest BCUT2D eigenvalue weighted by Gasteiger charge is 2.17. The van der Waals surface area contributed by atoms with Crippen molar-refractivity contribution in [1.82, 2.24) is 24.3 Å². The van der Waals surface area contributed by atoms with Crippen LogP contribution in [0.5, 0.6) is 0 Å². The summed E-state index contributed by atoms with van der Waals surface area (Å²) in [6.45, 7) is 5.44. The molecule has 10 nitrogen and oxygen atoms in total. The predicted octanol–water partition coefficient (Wildman–Crippen LogP) is 3.49. The number of hydrogen-bond acceptors (Lipinski definition) is 7. The van der Waals surface area contributed by atoms with E-state index in [0.717, 1.165) is 11.8 Å². The van der Waals surface area contributed by atoms with Gasteiger partial charge in [0.2, 0.25) is 5.95 Å². The second-order valence-electron chi connectivity index (χ2n) is 7.87. The van der Waals surface area contributed by atoms with Gasteiger partial charge in [0.25, 0.3) is 5.69 Å². The number of aromatic nitrogens is 5. The fraction of sp³-hybridized carbons (Fsp3) is 0.250. The van der Waals surface area contributed by atoms with Crippen LogP contribution in [0.4, 0.5) is 21.7 Å². The van der Waals surface area contributed by atoms with Crippen molar-refractivity contribution in [1.29, 1.82) is 0 Å². The highest BCUT2D eigenvalue weighted by atomic mass is 19.1. The lowest BCUT2D eigenvalue weighted by atomic mass is 10.1. The van der Waals surface area contributed by atoms with Gasteiger partial charge in [-0.15, -0.1) is 0 Å². The minimum atomic E-state index is -0.925. The molecule has 3 heterocycles. The average molecular weight is 425 g/mol. The Morgan fingerprint density at radius 2 is 2.06 bits per heavy atom. The first-order valence-corrected chi connectivity index (χ1v) is 9.41. The maximum atomic E-state index is 14.6. The second kappa shape index (κ2) is 7.43. The van der Waals surface area contributed by atoms with Crippen molar-refractivity contribution in [3.63, 3.8) is 0 Å². The first-order chi connectivity index (χ1) is 14.6. The van der Waals surface area contributed by atoms with Gasteiger partial charge in [-0.1, -0.05) is 0 Å². The van der Waals surface area contributed by atoms with E-state index in [0.29, 0.717) is 23.1 Å². The molecule has 3 aromatic heterocycles. The number of nitro groups is 1. The lowest BCUT2D eigenvalue weighted by molar-refractivity contribution is -0.384. The summed E-state index contributed by atoms with van der Waals surface area (Å²) in [4.78, 5) is 18.9. The zero-order valence-corrected chi connectivity index (χ0v) is 17.1. The highest BCUT2D eigenvalue weighted by Crippen LogP contribution is 2.28. The standard InChI is InChI=1S/C20H20FN7O3/c1-12-9-27(17-5-4-14(28(30)31)6-15(12)17)18-16(21)8-22-19(25-18)24-13-7-23-26(10-13)11-20(2,3)29/h4-10,29H,11H2,1-3H3,(H,22,24,25). The number of halogens is 1. The molecule has 160 valence electrons. The van der Waals surface area contributed by atoms with Crippen LogP contribution in [-0.2, 0) is 6.54 Å². The monoisotopic (exact) mass is 425 g/mol. The summed E-state index contributed by atoms with van der Waals surface area (Å²) in [5.74, 6) is -0.479. The zero-order valence-electron chi connectivity index (χ0n) is 17.1. The molecule has 0 bridgehead atoms. The van der Waals surface area contributed by atoms with Crippen molar-refractivity contribution < 1.29 is 14.4 Å². The van der Waals surface area contributed by atoms with E-state index >= 15 is 0 Å². The molecule has 11 heteroatoms. The van der Waals surface area contributed by atoms with Crippen LogP contribution in [0.3, 0.4) is 0 Å². The molecule has 0 aliphatic rings. The first kappa shape index (κ1) is 20.4. The van der Waals surface area contributed by atoms with Crippen LogP contribution in [0, 0.1) is 22.9 Å². The van der Waals surface area contributed by atoms with Gasteiger partial charge in [0.05, 0.1) is 40.7 Å². The van der Waals surface area contributed by atoms with Crippen molar-refractivity contribution >= 4 is 28.2 Å². The fourth-order valence-corrected chi connectivity index (χ4v) is 3.30. The first-order valence-electron chi connectivity index (χ1n) is 9.41. The van der Waals surface area contributed by atoms with Gasteiger partial charge < -0.3 is 10.4 Å². The second-order valence-corrected chi connectivity index (χ2v) is 7.87. The Hall–Kier alpha value is -3.86. The number of non-ortho nitro benzene ring substituents is 1. The van der Waals surface area contributed by atoms with E-state index in [2.05, 4.69) is 20.4 Å². The summed E-state index contributed by atoms with van der Waals surface area (Å²) in [5, 5.41) is 28.8. The number of nitrogens with zero attached hydrogens (tertiary/aromatic N) is 6. The molecular formula is C20H20FN7O3. The van der Waals surface area contributed by atoms with Gasteiger partial charge in [-0.3, -0.25) is 19.4 Å². The fourth-order valence-electron chi connectivity index (χ4n) is 3.30. The molecule has 1 aromatic carbocycles. The summed E-state index contributed by atoms with van der Waals surface area (Å²) in [6.07, 6.45) is 5.95. The molecule has 0 spiro atoms. The largest absolute Gasteiger partial charge is 0.389 e. The van der Waals surface area contributed by atoms with E-state index in [1.54, 1.807) is 50.1 Å². The molecule has 0 unspecified atom stereocenters. The molecule has 0 amide bonds. The minimum Gasteiger partial charge on any atom is -0.389 e. The van der Waals surface area contributed by atoms with Gasteiger partial charge in [-0.25, -0.2) is 9.37 Å². The molecule has 4 aromatic rings. The number of aliphatic hydroxyl groups is 1. The molecule has 0 aliphatic heterocycles. The number of aryl methyl sites for hydroxylation is 1. The number of fused-ring (bicyclic) bond motifs is 1. The van der Waals surface area contributed by atoms with E-state index in [1.165, 1.54) is 16.7 Å². The van der Waals surface area contributed by atoms with Gasteiger partial charge in [0.15, 0.2) is 11.6 Å². The third kappa shape index (κ3) is 4.21. The van der Waals surface area contributed by atoms with Gasteiger partial charge in [0, 0.05) is 29.9 Å². The zero-order chi connectivity index (χ0) is 22.3. The summed E-state index contributed by atoms with van der Waals surface area (Å²) in [7, 11) is 0. The van der Waals surface area contributed by atoms with Crippen LogP contribution in [0.15, 0.2) is 43.0 Å². The highest BCUT2D eigenvalue weighted by molar-refractivity contribution is 5.87. The summed E-state index contributed by atoms with van der Waals surface area (Å²) < 4.78 is 17.7. The van der Waals surface area contributed by atoms with Crippen molar-refractivity contribution in [2.45, 2.75) is 32.9 Å². The van der Waals surface area contributed by atoms with Crippen molar-refractivity contribution in [2.24, 2.45) is 0 Å². The van der Waals surface area contributed by atoms with E-state index in [-0.39, 0.29) is 17.5 Å². The Morgan fingerprint density at radius 1 is 1.29 bits per heavy atom. The van der Waals surface area contributed by atoms with Gasteiger partial charge in [0.1, 0.15) is 0 Å². The summed E-state index contributed by atoms with van der Waals surface area (Å²) in [5.41, 5.74) is 0.947. The molecule has 0 radical (unpaired) electrons. The normalized spacial score (nSPS) is 11.8. The van der Waals surface area contributed by atoms with E-state index in [9.17, 15) is 19.6 Å². The average Bonchev–Trinajstić information content (AvgIpc) is 3.25. The lowest BCUT2D eigenvalue weighted by Crippen LogP contribution is -2.26. The SMILES string of the molecule is Cc1cn(-c2nc(Nc3cnn(CC(C)(C)O)c3)ncc2F)c2ccc([N+](=O)[O-])cc12. The molecule has 0 fully saturated rings. The lowest BCUT2D eigenvalue weighted by Gasteiger charge is -2.16. The summed E-state index contributed by atoms with van der Waals surface area (Å²) >= 11 is 0. The Balaban J connectivity index is 1.68. The van der Waals surface area contributed by atoms with Gasteiger partial charge in [-0.05, 0) is 32.4 Å². The Kier molecular flexibility index (Phi) is 4.90. The molecule has 4 rings (SSSR count). The number of nitrogens with one attached hydrogen (secondary N) is 1. The molecule has 0 saturated heterocycles. The third-order valence-electron chi connectivity index (χ3n) is 4.59. The van der Waals surface area contributed by atoms with Gasteiger partial charge >= 0.3 is 0 Å². The van der Waals surface area contributed by atoms with E-state index in [4.69, 9.17) is 0 Å². The number of hydrogen-bond donors (Lipinski definition) is 2. The molecule has 0 atom stereocenters.